The summed E-state index contributed by atoms with van der Waals surface area (Å²) >= 11 is 0. The standard InChI is InChI=1S/C19H24N4O4/c1-21-8-10-22(11-9-21)19(25)13-23-18(24)7-5-16(20-23)15-12-14(26-2)4-6-17(15)27-3/h4-7,12H,8-11,13H2,1-3H3. The molecular formula is C19H24N4O4. The van der Waals surface area contributed by atoms with Gasteiger partial charge in [-0.1, -0.05) is 0 Å². The number of likely N-dealkylation sites (N-methyl/N-ethyl adjacent to an activating group) is 1. The molecule has 1 aromatic heterocycles. The minimum absolute atomic E-state index is 0.0807. The first-order chi connectivity index (χ1) is 13.0. The number of benzene rings is 1. The van der Waals surface area contributed by atoms with E-state index in [9.17, 15) is 9.59 Å². The molecule has 0 atom stereocenters. The van der Waals surface area contributed by atoms with Gasteiger partial charge >= 0.3 is 0 Å². The van der Waals surface area contributed by atoms with E-state index in [-0.39, 0.29) is 18.0 Å². The van der Waals surface area contributed by atoms with Crippen LogP contribution in [-0.4, -0.2) is 72.9 Å². The summed E-state index contributed by atoms with van der Waals surface area (Å²) in [6.45, 7) is 2.90. The Morgan fingerprint density at radius 3 is 2.48 bits per heavy atom. The molecule has 0 spiro atoms. The molecule has 1 amide bonds. The number of amides is 1. The van der Waals surface area contributed by atoms with E-state index in [2.05, 4.69) is 10.00 Å². The predicted octanol–water partition coefficient (Wildman–Crippen LogP) is 0.702. The average Bonchev–Trinajstić information content (AvgIpc) is 2.69. The van der Waals surface area contributed by atoms with Crippen molar-refractivity contribution in [3.05, 3.63) is 40.7 Å². The van der Waals surface area contributed by atoms with Crippen molar-refractivity contribution >= 4 is 5.91 Å². The summed E-state index contributed by atoms with van der Waals surface area (Å²) in [6, 6.07) is 8.39. The van der Waals surface area contributed by atoms with E-state index in [0.29, 0.717) is 35.8 Å². The van der Waals surface area contributed by atoms with Gasteiger partial charge in [0, 0.05) is 37.8 Å². The predicted molar refractivity (Wildman–Crippen MR) is 101 cm³/mol. The van der Waals surface area contributed by atoms with Crippen LogP contribution in [0.3, 0.4) is 0 Å². The van der Waals surface area contributed by atoms with Crippen molar-refractivity contribution in [2.24, 2.45) is 0 Å². The lowest BCUT2D eigenvalue weighted by Gasteiger charge is -2.32. The van der Waals surface area contributed by atoms with Crippen molar-refractivity contribution in [2.45, 2.75) is 6.54 Å². The highest BCUT2D eigenvalue weighted by Gasteiger charge is 2.20. The smallest absolute Gasteiger partial charge is 0.267 e. The first-order valence-corrected chi connectivity index (χ1v) is 8.78. The number of methoxy groups -OCH3 is 2. The van der Waals surface area contributed by atoms with Crippen LogP contribution in [0.2, 0.25) is 0 Å². The second kappa shape index (κ2) is 8.22. The minimum Gasteiger partial charge on any atom is -0.497 e. The van der Waals surface area contributed by atoms with E-state index < -0.39 is 0 Å². The molecular weight excluding hydrogens is 348 g/mol. The summed E-state index contributed by atoms with van der Waals surface area (Å²) in [5.41, 5.74) is 0.914. The molecule has 2 heterocycles. The highest BCUT2D eigenvalue weighted by atomic mass is 16.5. The fourth-order valence-electron chi connectivity index (χ4n) is 3.00. The zero-order valence-electron chi connectivity index (χ0n) is 15.8. The maximum atomic E-state index is 12.6. The number of rotatable bonds is 5. The monoisotopic (exact) mass is 372 g/mol. The SMILES string of the molecule is COc1ccc(OC)c(-c2ccc(=O)n(CC(=O)N3CCN(C)CC3)n2)c1. The number of hydrogen-bond acceptors (Lipinski definition) is 6. The van der Waals surface area contributed by atoms with Crippen LogP contribution in [0.25, 0.3) is 11.3 Å². The Labute approximate surface area is 157 Å². The third-order valence-electron chi connectivity index (χ3n) is 4.69. The molecule has 1 aromatic carbocycles. The lowest BCUT2D eigenvalue weighted by Crippen LogP contribution is -2.48. The maximum Gasteiger partial charge on any atom is 0.267 e. The van der Waals surface area contributed by atoms with Crippen LogP contribution in [0.4, 0.5) is 0 Å². The van der Waals surface area contributed by atoms with Crippen LogP contribution in [-0.2, 0) is 11.3 Å². The molecule has 1 aliphatic rings. The fraction of sp³-hybridized carbons (Fsp3) is 0.421. The van der Waals surface area contributed by atoms with Gasteiger partial charge in [-0.25, -0.2) is 4.68 Å². The molecule has 3 rings (SSSR count). The van der Waals surface area contributed by atoms with Gasteiger partial charge in [0.1, 0.15) is 18.0 Å². The largest absolute Gasteiger partial charge is 0.497 e. The summed E-state index contributed by atoms with van der Waals surface area (Å²) in [6.07, 6.45) is 0. The second-order valence-electron chi connectivity index (χ2n) is 6.46. The molecule has 1 saturated heterocycles. The second-order valence-corrected chi connectivity index (χ2v) is 6.46. The van der Waals surface area contributed by atoms with E-state index in [4.69, 9.17) is 9.47 Å². The normalized spacial score (nSPS) is 14.9. The van der Waals surface area contributed by atoms with Gasteiger partial charge in [0.05, 0.1) is 19.9 Å². The van der Waals surface area contributed by atoms with Crippen molar-refractivity contribution in [2.75, 3.05) is 47.4 Å². The Bertz CT molecular complexity index is 872. The number of carbonyl (C=O) groups is 1. The van der Waals surface area contributed by atoms with E-state index in [0.717, 1.165) is 13.1 Å². The van der Waals surface area contributed by atoms with Crippen molar-refractivity contribution in [3.8, 4) is 22.8 Å². The van der Waals surface area contributed by atoms with Gasteiger partial charge in [-0.15, -0.1) is 0 Å². The molecule has 0 aliphatic carbocycles. The van der Waals surface area contributed by atoms with Crippen molar-refractivity contribution in [1.82, 2.24) is 19.6 Å². The molecule has 27 heavy (non-hydrogen) atoms. The van der Waals surface area contributed by atoms with Crippen molar-refractivity contribution in [3.63, 3.8) is 0 Å². The molecule has 0 unspecified atom stereocenters. The molecule has 0 bridgehead atoms. The molecule has 2 aromatic rings. The molecule has 0 radical (unpaired) electrons. The van der Waals surface area contributed by atoms with Gasteiger partial charge < -0.3 is 19.3 Å². The molecule has 1 fully saturated rings. The first kappa shape index (κ1) is 18.9. The van der Waals surface area contributed by atoms with Crippen molar-refractivity contribution in [1.29, 1.82) is 0 Å². The number of nitrogens with zero attached hydrogens (tertiary/aromatic N) is 4. The zero-order valence-corrected chi connectivity index (χ0v) is 15.8. The van der Waals surface area contributed by atoms with Gasteiger partial charge in [-0.3, -0.25) is 9.59 Å². The quantitative estimate of drug-likeness (QED) is 0.769. The average molecular weight is 372 g/mol. The number of hydrogen-bond donors (Lipinski definition) is 0. The van der Waals surface area contributed by atoms with E-state index in [1.165, 1.54) is 10.7 Å². The number of aromatic nitrogens is 2. The van der Waals surface area contributed by atoms with Crippen LogP contribution in [0.15, 0.2) is 35.1 Å². The van der Waals surface area contributed by atoms with E-state index in [1.807, 2.05) is 7.05 Å². The molecule has 8 nitrogen and oxygen atoms in total. The third-order valence-corrected chi connectivity index (χ3v) is 4.69. The highest BCUT2D eigenvalue weighted by molar-refractivity contribution is 5.76. The molecule has 0 saturated carbocycles. The molecule has 8 heteroatoms. The van der Waals surface area contributed by atoms with Crippen LogP contribution in [0, 0.1) is 0 Å². The van der Waals surface area contributed by atoms with Gasteiger partial charge in [0.25, 0.3) is 5.56 Å². The van der Waals surface area contributed by atoms with Crippen molar-refractivity contribution < 1.29 is 14.3 Å². The highest BCUT2D eigenvalue weighted by Crippen LogP contribution is 2.31. The Kier molecular flexibility index (Phi) is 5.75. The zero-order chi connectivity index (χ0) is 19.4. The summed E-state index contributed by atoms with van der Waals surface area (Å²) in [5.74, 6) is 1.16. The summed E-state index contributed by atoms with van der Waals surface area (Å²) in [5, 5.41) is 4.39. The summed E-state index contributed by atoms with van der Waals surface area (Å²) in [4.78, 5) is 28.7. The topological polar surface area (TPSA) is 76.9 Å². The number of carbonyl (C=O) groups excluding carboxylic acids is 1. The van der Waals surface area contributed by atoms with Gasteiger partial charge in [0.15, 0.2) is 0 Å². The molecule has 144 valence electrons. The maximum absolute atomic E-state index is 12.6. The van der Waals surface area contributed by atoms with Crippen LogP contribution >= 0.6 is 0 Å². The first-order valence-electron chi connectivity index (χ1n) is 8.78. The van der Waals surface area contributed by atoms with Gasteiger partial charge in [-0.2, -0.15) is 5.10 Å². The van der Waals surface area contributed by atoms with E-state index >= 15 is 0 Å². The van der Waals surface area contributed by atoms with Gasteiger partial charge in [-0.05, 0) is 31.3 Å². The molecule has 0 N–H and O–H groups in total. The minimum atomic E-state index is -0.317. The Morgan fingerprint density at radius 1 is 1.07 bits per heavy atom. The summed E-state index contributed by atoms with van der Waals surface area (Å²) < 4.78 is 11.9. The Hall–Kier alpha value is -2.87. The lowest BCUT2D eigenvalue weighted by molar-refractivity contribution is -0.133. The Morgan fingerprint density at radius 2 is 1.81 bits per heavy atom. The summed E-state index contributed by atoms with van der Waals surface area (Å²) in [7, 11) is 5.17. The lowest BCUT2D eigenvalue weighted by atomic mass is 10.1. The molecule has 1 aliphatic heterocycles. The van der Waals surface area contributed by atoms with Crippen LogP contribution in [0.5, 0.6) is 11.5 Å². The van der Waals surface area contributed by atoms with Crippen LogP contribution < -0.4 is 15.0 Å². The Balaban J connectivity index is 1.87. The fourth-order valence-corrected chi connectivity index (χ4v) is 3.00. The van der Waals surface area contributed by atoms with E-state index in [1.54, 1.807) is 43.4 Å². The number of piperazine rings is 1. The van der Waals surface area contributed by atoms with Crippen LogP contribution in [0.1, 0.15) is 0 Å². The van der Waals surface area contributed by atoms with Gasteiger partial charge in [0.2, 0.25) is 5.91 Å². The third kappa shape index (κ3) is 4.28. The number of ether oxygens (including phenoxy) is 2.